The highest BCUT2D eigenvalue weighted by atomic mass is 32.2. The number of rotatable bonds is 7. The number of likely N-dealkylation sites (tertiary alicyclic amines) is 1. The highest BCUT2D eigenvalue weighted by Crippen LogP contribution is 2.35. The number of anilines is 2. The van der Waals surface area contributed by atoms with Gasteiger partial charge in [0.15, 0.2) is 4.34 Å². The Hall–Kier alpha value is -2.13. The predicted octanol–water partition coefficient (Wildman–Crippen LogP) is 3.74. The third kappa shape index (κ3) is 5.31. The molecule has 1 atom stereocenters. The normalized spacial score (nSPS) is 16.0. The Morgan fingerprint density at radius 3 is 2.57 bits per heavy atom. The minimum absolute atomic E-state index is 0.0946. The molecule has 0 radical (unpaired) electrons. The largest absolute Gasteiger partial charge is 0.369 e. The summed E-state index contributed by atoms with van der Waals surface area (Å²) in [7, 11) is 0. The Morgan fingerprint density at radius 2 is 1.93 bits per heavy atom. The summed E-state index contributed by atoms with van der Waals surface area (Å²) in [5.41, 5.74) is 8.81. The summed E-state index contributed by atoms with van der Waals surface area (Å²) in [6.45, 7) is 9.39. The number of aryl methyl sites for hydroxylation is 1. The summed E-state index contributed by atoms with van der Waals surface area (Å²) in [6, 6.07) is 6.11. The van der Waals surface area contributed by atoms with Crippen molar-refractivity contribution in [3.63, 3.8) is 0 Å². The van der Waals surface area contributed by atoms with Gasteiger partial charge in [-0.25, -0.2) is 0 Å². The number of thioether (sulfide) groups is 1. The predicted molar refractivity (Wildman–Crippen MR) is 122 cm³/mol. The maximum Gasteiger partial charge on any atom is 0.236 e. The molecule has 9 heteroatoms. The Labute approximate surface area is 185 Å². The second kappa shape index (κ2) is 9.78. The van der Waals surface area contributed by atoms with E-state index in [2.05, 4.69) is 35.4 Å². The summed E-state index contributed by atoms with van der Waals surface area (Å²) in [4.78, 5) is 26.4. The molecule has 0 spiro atoms. The first-order valence-electron chi connectivity index (χ1n) is 10.2. The van der Waals surface area contributed by atoms with E-state index in [-0.39, 0.29) is 28.9 Å². The van der Waals surface area contributed by atoms with Crippen molar-refractivity contribution >= 4 is 45.7 Å². The molecule has 1 aliphatic rings. The van der Waals surface area contributed by atoms with Gasteiger partial charge in [0.1, 0.15) is 0 Å². The second-order valence-corrected chi connectivity index (χ2v) is 10.4. The fourth-order valence-electron chi connectivity index (χ4n) is 3.45. The molecule has 30 heavy (non-hydrogen) atoms. The fraction of sp³-hybridized carbons (Fsp3) is 0.524. The summed E-state index contributed by atoms with van der Waals surface area (Å²) in [5, 5.41) is 12.4. The molecular weight excluding hydrogens is 418 g/mol. The minimum atomic E-state index is -0.269. The number of hydrogen-bond donors (Lipinski definition) is 2. The molecule has 1 aromatic heterocycles. The molecule has 0 unspecified atom stereocenters. The van der Waals surface area contributed by atoms with Gasteiger partial charge in [0.25, 0.3) is 0 Å². The monoisotopic (exact) mass is 447 g/mol. The van der Waals surface area contributed by atoms with Crippen molar-refractivity contribution in [3.8, 4) is 0 Å². The molecule has 3 N–H and O–H groups in total. The Kier molecular flexibility index (Phi) is 7.36. The highest BCUT2D eigenvalue weighted by Gasteiger charge is 2.33. The van der Waals surface area contributed by atoms with E-state index in [0.29, 0.717) is 31.1 Å². The van der Waals surface area contributed by atoms with Crippen LogP contribution in [0.4, 0.5) is 10.8 Å². The van der Waals surface area contributed by atoms with Crippen molar-refractivity contribution in [1.82, 2.24) is 15.1 Å². The summed E-state index contributed by atoms with van der Waals surface area (Å²) in [5.74, 6) is -0.149. The first-order valence-corrected chi connectivity index (χ1v) is 11.9. The van der Waals surface area contributed by atoms with Crippen molar-refractivity contribution in [2.45, 2.75) is 50.1 Å². The average molecular weight is 448 g/mol. The zero-order chi connectivity index (χ0) is 21.8. The third-order valence-corrected chi connectivity index (χ3v) is 7.99. The van der Waals surface area contributed by atoms with Crippen molar-refractivity contribution in [2.24, 2.45) is 17.6 Å². The number of piperidine rings is 1. The number of nitrogens with two attached hydrogens (primary N) is 1. The summed E-state index contributed by atoms with van der Waals surface area (Å²) in [6.07, 6.45) is 1.28. The van der Waals surface area contributed by atoms with Crippen LogP contribution in [0.1, 0.15) is 37.8 Å². The van der Waals surface area contributed by atoms with Crippen LogP contribution in [0, 0.1) is 25.7 Å². The van der Waals surface area contributed by atoms with Crippen LogP contribution < -0.4 is 11.1 Å². The van der Waals surface area contributed by atoms with E-state index in [4.69, 9.17) is 5.73 Å². The number of benzene rings is 1. The van der Waals surface area contributed by atoms with E-state index < -0.39 is 0 Å². The maximum atomic E-state index is 13.1. The van der Waals surface area contributed by atoms with Crippen LogP contribution in [-0.4, -0.2) is 45.3 Å². The lowest BCUT2D eigenvalue weighted by molar-refractivity contribution is -0.135. The molecule has 2 heterocycles. The van der Waals surface area contributed by atoms with Crippen LogP contribution >= 0.6 is 23.1 Å². The molecule has 2 amide bonds. The summed E-state index contributed by atoms with van der Waals surface area (Å²) >= 11 is 2.92. The number of nitrogens with zero attached hydrogens (tertiary/aromatic N) is 3. The Bertz CT molecular complexity index is 907. The van der Waals surface area contributed by atoms with E-state index in [9.17, 15) is 9.59 Å². The first kappa shape index (κ1) is 22.6. The number of carbonyl (C=O) groups excluding carboxylic acids is 2. The number of amides is 2. The number of hydrogen-bond acceptors (Lipinski definition) is 7. The van der Waals surface area contributed by atoms with Crippen LogP contribution in [0.15, 0.2) is 22.5 Å². The Balaban J connectivity index is 1.65. The average Bonchev–Trinajstić information content (AvgIpc) is 3.16. The lowest BCUT2D eigenvalue weighted by atomic mass is 9.95. The molecule has 162 valence electrons. The van der Waals surface area contributed by atoms with E-state index >= 15 is 0 Å². The van der Waals surface area contributed by atoms with Crippen molar-refractivity contribution in [2.75, 3.05) is 18.4 Å². The molecular formula is C21H29N5O2S2. The zero-order valence-electron chi connectivity index (χ0n) is 17.8. The Morgan fingerprint density at radius 1 is 1.23 bits per heavy atom. The van der Waals surface area contributed by atoms with E-state index in [0.717, 1.165) is 10.0 Å². The smallest absolute Gasteiger partial charge is 0.236 e. The molecule has 3 rings (SSSR count). The third-order valence-electron chi connectivity index (χ3n) is 5.54. The van der Waals surface area contributed by atoms with Gasteiger partial charge in [-0.1, -0.05) is 49.1 Å². The second-order valence-electron chi connectivity index (χ2n) is 8.03. The molecule has 0 saturated carbocycles. The van der Waals surface area contributed by atoms with Gasteiger partial charge in [-0.3, -0.25) is 9.59 Å². The summed E-state index contributed by atoms with van der Waals surface area (Å²) < 4.78 is 0.766. The molecule has 1 aromatic carbocycles. The van der Waals surface area contributed by atoms with Crippen molar-refractivity contribution < 1.29 is 9.59 Å². The van der Waals surface area contributed by atoms with Gasteiger partial charge in [0, 0.05) is 24.7 Å². The quantitative estimate of drug-likeness (QED) is 0.627. The molecule has 1 aliphatic heterocycles. The van der Waals surface area contributed by atoms with Gasteiger partial charge in [0.2, 0.25) is 16.9 Å². The molecule has 0 bridgehead atoms. The fourth-order valence-corrected chi connectivity index (χ4v) is 5.51. The van der Waals surface area contributed by atoms with Crippen LogP contribution in [0.25, 0.3) is 0 Å². The van der Waals surface area contributed by atoms with Gasteiger partial charge >= 0.3 is 0 Å². The van der Waals surface area contributed by atoms with Gasteiger partial charge in [0.05, 0.1) is 5.25 Å². The molecule has 1 fully saturated rings. The van der Waals surface area contributed by atoms with Crippen molar-refractivity contribution in [1.29, 1.82) is 0 Å². The minimum Gasteiger partial charge on any atom is -0.369 e. The molecule has 0 aliphatic carbocycles. The molecule has 1 saturated heterocycles. The van der Waals surface area contributed by atoms with E-state index in [1.165, 1.54) is 34.2 Å². The highest BCUT2D eigenvalue weighted by molar-refractivity contribution is 8.02. The SMILES string of the molecule is Cc1cccc(Nc2nnc(S[C@H](C(=O)N3CCC(C(N)=O)CC3)C(C)C)s2)c1C. The lowest BCUT2D eigenvalue weighted by Crippen LogP contribution is -2.46. The molecule has 2 aromatic rings. The number of aromatic nitrogens is 2. The van der Waals surface area contributed by atoms with Crippen LogP contribution in [0.2, 0.25) is 0 Å². The van der Waals surface area contributed by atoms with Gasteiger partial charge in [-0.15, -0.1) is 10.2 Å². The topological polar surface area (TPSA) is 101 Å². The van der Waals surface area contributed by atoms with Crippen LogP contribution in [-0.2, 0) is 9.59 Å². The lowest BCUT2D eigenvalue weighted by Gasteiger charge is -2.33. The standard InChI is InChI=1S/C21H29N5O2S2/c1-12(2)17(19(28)26-10-8-15(9-11-26)18(22)27)29-21-25-24-20(30-21)23-16-7-5-6-13(3)14(16)4/h5-7,12,15,17H,8-11H2,1-4H3,(H2,22,27)(H,23,24)/t17-/m0/s1. The van der Waals surface area contributed by atoms with Crippen LogP contribution in [0.3, 0.4) is 0 Å². The number of primary amides is 1. The van der Waals surface area contributed by atoms with E-state index in [1.54, 1.807) is 0 Å². The van der Waals surface area contributed by atoms with Gasteiger partial charge < -0.3 is 16.0 Å². The molecule has 7 nitrogen and oxygen atoms in total. The van der Waals surface area contributed by atoms with Crippen molar-refractivity contribution in [3.05, 3.63) is 29.3 Å². The number of nitrogens with one attached hydrogen (secondary N) is 1. The van der Waals surface area contributed by atoms with Crippen LogP contribution in [0.5, 0.6) is 0 Å². The number of carbonyl (C=O) groups is 2. The van der Waals surface area contributed by atoms with Gasteiger partial charge in [-0.05, 0) is 49.8 Å². The zero-order valence-corrected chi connectivity index (χ0v) is 19.5. The first-order chi connectivity index (χ1) is 14.3. The van der Waals surface area contributed by atoms with Gasteiger partial charge in [-0.2, -0.15) is 0 Å². The maximum absolute atomic E-state index is 13.1. The van der Waals surface area contributed by atoms with E-state index in [1.807, 2.05) is 30.9 Å².